The van der Waals surface area contributed by atoms with Crippen LogP contribution in [-0.4, -0.2) is 21.2 Å². The Kier molecular flexibility index (Phi) is 6.63. The number of benzene rings is 3. The predicted molar refractivity (Wildman–Crippen MR) is 147 cm³/mol. The molecule has 0 fully saturated rings. The first-order chi connectivity index (χ1) is 17.8. The topological polar surface area (TPSA) is 88.3 Å². The average molecular weight is 510 g/mol. The van der Waals surface area contributed by atoms with Gasteiger partial charge in [-0.1, -0.05) is 71.9 Å². The number of aromatic nitrogens is 2. The Morgan fingerprint density at radius 3 is 2.35 bits per heavy atom. The minimum absolute atomic E-state index is 0.332. The molecule has 6 nitrogen and oxygen atoms in total. The first-order valence-electron chi connectivity index (χ1n) is 12.0. The molecule has 0 aliphatic heterocycles. The predicted octanol–water partition coefficient (Wildman–Crippen LogP) is 7.41. The summed E-state index contributed by atoms with van der Waals surface area (Å²) in [5, 5.41) is 16.8. The monoisotopic (exact) mass is 509 g/mol. The Balaban J connectivity index is 1.34. The van der Waals surface area contributed by atoms with Crippen LogP contribution < -0.4 is 5.32 Å². The third-order valence-corrected chi connectivity index (χ3v) is 7.57. The van der Waals surface area contributed by atoms with Gasteiger partial charge in [-0.05, 0) is 61.2 Å². The maximum Gasteiger partial charge on any atom is 0.345 e. The number of carboxylic acid groups (broad SMARTS) is 1. The van der Waals surface area contributed by atoms with Gasteiger partial charge in [-0.3, -0.25) is 0 Å². The van der Waals surface area contributed by atoms with E-state index < -0.39 is 11.4 Å². The number of nitrogens with one attached hydrogen (secondary N) is 1. The molecule has 5 rings (SSSR count). The van der Waals surface area contributed by atoms with Gasteiger partial charge < -0.3 is 14.9 Å². The van der Waals surface area contributed by atoms with Gasteiger partial charge in [-0.15, -0.1) is 11.3 Å². The first kappa shape index (κ1) is 24.5. The summed E-state index contributed by atoms with van der Waals surface area (Å²) < 4.78 is 5.74. The van der Waals surface area contributed by atoms with Crippen LogP contribution in [-0.2, 0) is 12.0 Å². The fourth-order valence-corrected chi connectivity index (χ4v) is 4.94. The first-order valence-corrected chi connectivity index (χ1v) is 12.8. The fraction of sp³-hybridized carbons (Fsp3) is 0.167. The van der Waals surface area contributed by atoms with Crippen molar-refractivity contribution in [2.24, 2.45) is 0 Å². The number of anilines is 1. The van der Waals surface area contributed by atoms with Crippen LogP contribution in [0.25, 0.3) is 22.5 Å². The van der Waals surface area contributed by atoms with E-state index in [1.165, 1.54) is 16.9 Å². The normalized spacial score (nSPS) is 11.4. The summed E-state index contributed by atoms with van der Waals surface area (Å²) in [5.41, 5.74) is 5.81. The highest BCUT2D eigenvalue weighted by molar-refractivity contribution is 7.13. The van der Waals surface area contributed by atoms with Gasteiger partial charge in [-0.25, -0.2) is 4.79 Å². The minimum Gasteiger partial charge on any atom is -0.477 e. The molecule has 0 unspecified atom stereocenters. The lowest BCUT2D eigenvalue weighted by molar-refractivity contribution is 0.0702. The number of carboxylic acids is 1. The van der Waals surface area contributed by atoms with Crippen molar-refractivity contribution in [3.05, 3.63) is 112 Å². The summed E-state index contributed by atoms with van der Waals surface area (Å²) in [6, 6.07) is 28.2. The number of hydrogen-bond donors (Lipinski definition) is 2. The molecule has 3 aromatic carbocycles. The highest BCUT2D eigenvalue weighted by Crippen LogP contribution is 2.33. The molecule has 2 heterocycles. The van der Waals surface area contributed by atoms with Crippen molar-refractivity contribution in [1.82, 2.24) is 10.1 Å². The van der Waals surface area contributed by atoms with E-state index in [0.717, 1.165) is 32.8 Å². The highest BCUT2D eigenvalue weighted by atomic mass is 32.1. The largest absolute Gasteiger partial charge is 0.477 e. The second-order valence-electron chi connectivity index (χ2n) is 9.45. The summed E-state index contributed by atoms with van der Waals surface area (Å²) in [7, 11) is 0. The summed E-state index contributed by atoms with van der Waals surface area (Å²) in [5.74, 6) is 0.165. The zero-order valence-electron chi connectivity index (χ0n) is 20.9. The zero-order valence-corrected chi connectivity index (χ0v) is 21.7. The van der Waals surface area contributed by atoms with Crippen molar-refractivity contribution < 1.29 is 14.4 Å². The van der Waals surface area contributed by atoms with E-state index in [9.17, 15) is 4.79 Å². The second kappa shape index (κ2) is 10.0. The quantitative estimate of drug-likeness (QED) is 0.226. The van der Waals surface area contributed by atoms with Crippen LogP contribution in [0, 0.1) is 6.92 Å². The molecule has 0 aliphatic carbocycles. The lowest BCUT2D eigenvalue weighted by atomic mass is 9.84. The third kappa shape index (κ3) is 5.17. The van der Waals surface area contributed by atoms with Gasteiger partial charge in [0, 0.05) is 22.7 Å². The number of hydrogen-bond acceptors (Lipinski definition) is 6. The summed E-state index contributed by atoms with van der Waals surface area (Å²) >= 11 is 1.27. The van der Waals surface area contributed by atoms with E-state index in [4.69, 9.17) is 14.6 Å². The SMILES string of the molecule is Cc1ccc(-c2noc(C(C)(C)c3ccc(-c4ccccc4)cc3)n2)cc1NCc1ccc(C(=O)O)s1. The summed E-state index contributed by atoms with van der Waals surface area (Å²) in [6.45, 7) is 6.71. The van der Waals surface area contributed by atoms with E-state index in [-0.39, 0.29) is 0 Å². The van der Waals surface area contributed by atoms with Gasteiger partial charge in [0.1, 0.15) is 4.88 Å². The summed E-state index contributed by atoms with van der Waals surface area (Å²) in [4.78, 5) is 17.2. The molecule has 5 aromatic rings. The lowest BCUT2D eigenvalue weighted by Gasteiger charge is -2.20. The number of carbonyl (C=O) groups is 1. The number of rotatable bonds is 8. The van der Waals surface area contributed by atoms with Crippen molar-refractivity contribution in [3.63, 3.8) is 0 Å². The molecule has 0 amide bonds. The van der Waals surface area contributed by atoms with Gasteiger partial charge in [0.2, 0.25) is 11.7 Å². The number of aryl methyl sites for hydroxylation is 1. The molecule has 2 N–H and O–H groups in total. The van der Waals surface area contributed by atoms with Crippen molar-refractivity contribution in [2.75, 3.05) is 5.32 Å². The van der Waals surface area contributed by atoms with Crippen LogP contribution in [0.1, 0.15) is 45.4 Å². The third-order valence-electron chi connectivity index (χ3n) is 6.50. The molecule has 0 atom stereocenters. The molecule has 0 spiro atoms. The van der Waals surface area contributed by atoms with E-state index in [1.807, 2.05) is 49.4 Å². The number of nitrogens with zero attached hydrogens (tertiary/aromatic N) is 2. The maximum absolute atomic E-state index is 11.1. The van der Waals surface area contributed by atoms with Gasteiger partial charge in [0.15, 0.2) is 0 Å². The molecule has 7 heteroatoms. The zero-order chi connectivity index (χ0) is 26.0. The Bertz CT molecular complexity index is 1540. The van der Waals surface area contributed by atoms with Crippen molar-refractivity contribution in [1.29, 1.82) is 0 Å². The minimum atomic E-state index is -0.905. The maximum atomic E-state index is 11.1. The standard InChI is InChI=1S/C30H27N3O3S/c1-19-9-10-22(17-25(19)31-18-24-15-16-26(37-24)28(34)35)27-32-29(36-33-27)30(2,3)23-13-11-21(12-14-23)20-7-5-4-6-8-20/h4-17,31H,18H2,1-3H3,(H,34,35). The number of aromatic carboxylic acids is 1. The van der Waals surface area contributed by atoms with E-state index >= 15 is 0 Å². The van der Waals surface area contributed by atoms with Crippen LogP contribution in [0.5, 0.6) is 0 Å². The van der Waals surface area contributed by atoms with Gasteiger partial charge in [0.25, 0.3) is 0 Å². The molecular weight excluding hydrogens is 482 g/mol. The smallest absolute Gasteiger partial charge is 0.345 e. The molecule has 0 radical (unpaired) electrons. The Hall–Kier alpha value is -4.23. The van der Waals surface area contributed by atoms with E-state index in [2.05, 4.69) is 60.7 Å². The molecule has 0 aliphatic rings. The summed E-state index contributed by atoms with van der Waals surface area (Å²) in [6.07, 6.45) is 0. The van der Waals surface area contributed by atoms with Crippen molar-refractivity contribution in [2.45, 2.75) is 32.7 Å². The lowest BCUT2D eigenvalue weighted by Crippen LogP contribution is -2.19. The van der Waals surface area contributed by atoms with Crippen LogP contribution in [0.2, 0.25) is 0 Å². The van der Waals surface area contributed by atoms with Crippen LogP contribution >= 0.6 is 11.3 Å². The van der Waals surface area contributed by atoms with Crippen LogP contribution in [0.3, 0.4) is 0 Å². The van der Waals surface area contributed by atoms with Gasteiger partial charge in [0.05, 0.1) is 5.41 Å². The van der Waals surface area contributed by atoms with Crippen LogP contribution in [0.4, 0.5) is 5.69 Å². The molecule has 0 saturated carbocycles. The van der Waals surface area contributed by atoms with Crippen molar-refractivity contribution in [3.8, 4) is 22.5 Å². The molecule has 0 saturated heterocycles. The van der Waals surface area contributed by atoms with Crippen LogP contribution in [0.15, 0.2) is 89.5 Å². The van der Waals surface area contributed by atoms with Crippen molar-refractivity contribution >= 4 is 23.0 Å². The van der Waals surface area contributed by atoms with Gasteiger partial charge in [-0.2, -0.15) is 4.98 Å². The molecular formula is C30H27N3O3S. The van der Waals surface area contributed by atoms with Gasteiger partial charge >= 0.3 is 5.97 Å². The number of thiophene rings is 1. The second-order valence-corrected chi connectivity index (χ2v) is 10.6. The average Bonchev–Trinajstić information content (AvgIpc) is 3.60. The molecule has 2 aromatic heterocycles. The molecule has 186 valence electrons. The molecule has 0 bridgehead atoms. The van der Waals surface area contributed by atoms with E-state index in [0.29, 0.717) is 23.1 Å². The van der Waals surface area contributed by atoms with E-state index in [1.54, 1.807) is 6.07 Å². The Morgan fingerprint density at radius 1 is 0.946 bits per heavy atom. The molecule has 37 heavy (non-hydrogen) atoms. The fourth-order valence-electron chi connectivity index (χ4n) is 4.15. The highest BCUT2D eigenvalue weighted by Gasteiger charge is 2.30. The Labute approximate surface area is 219 Å². The Morgan fingerprint density at radius 2 is 1.65 bits per heavy atom.